The first kappa shape index (κ1) is 14.8. The monoisotopic (exact) mass is 295 g/mol. The van der Waals surface area contributed by atoms with Crippen LogP contribution in [0.25, 0.3) is 0 Å². The molecule has 1 aromatic rings. The molecule has 0 aliphatic carbocycles. The molecule has 108 valence electrons. The van der Waals surface area contributed by atoms with Gasteiger partial charge in [0.2, 0.25) is 5.91 Å². The predicted molar refractivity (Wildman–Crippen MR) is 77.6 cm³/mol. The molecule has 0 aromatic heterocycles. The van der Waals surface area contributed by atoms with Gasteiger partial charge in [-0.25, -0.2) is 4.79 Å². The van der Waals surface area contributed by atoms with Crippen LogP contribution in [0, 0.1) is 0 Å². The lowest BCUT2D eigenvalue weighted by atomic mass is 10.1. The molecule has 3 amide bonds. The Morgan fingerprint density at radius 1 is 1.50 bits per heavy atom. The van der Waals surface area contributed by atoms with E-state index in [0.29, 0.717) is 18.1 Å². The molecule has 1 heterocycles. The summed E-state index contributed by atoms with van der Waals surface area (Å²) in [7, 11) is 1.85. The molecule has 1 aromatic carbocycles. The van der Waals surface area contributed by atoms with Crippen molar-refractivity contribution in [2.75, 3.05) is 26.7 Å². The highest BCUT2D eigenvalue weighted by atomic mass is 35.5. The van der Waals surface area contributed by atoms with Gasteiger partial charge in [0.05, 0.1) is 6.54 Å². The third kappa shape index (κ3) is 3.11. The van der Waals surface area contributed by atoms with E-state index >= 15 is 0 Å². The van der Waals surface area contributed by atoms with E-state index in [-0.39, 0.29) is 24.5 Å². The Balaban J connectivity index is 2.01. The number of imide groups is 1. The number of carbonyl (C=O) groups is 2. The zero-order chi connectivity index (χ0) is 14.7. The number of hydrogen-bond donors (Lipinski definition) is 1. The molecule has 1 N–H and O–H groups in total. The smallest absolute Gasteiger partial charge is 0.324 e. The van der Waals surface area contributed by atoms with Crippen LogP contribution in [-0.4, -0.2) is 48.4 Å². The Hall–Kier alpha value is -1.59. The summed E-state index contributed by atoms with van der Waals surface area (Å²) in [5.74, 6) is -0.193. The second kappa shape index (κ2) is 6.24. The van der Waals surface area contributed by atoms with E-state index in [1.165, 1.54) is 4.90 Å². The van der Waals surface area contributed by atoms with Gasteiger partial charge in [-0.05, 0) is 25.6 Å². The van der Waals surface area contributed by atoms with Gasteiger partial charge in [-0.2, -0.15) is 0 Å². The van der Waals surface area contributed by atoms with Crippen LogP contribution in [0.3, 0.4) is 0 Å². The van der Waals surface area contributed by atoms with E-state index in [2.05, 4.69) is 5.32 Å². The molecule has 0 unspecified atom stereocenters. The molecule has 20 heavy (non-hydrogen) atoms. The van der Waals surface area contributed by atoms with Gasteiger partial charge < -0.3 is 5.32 Å². The Bertz CT molecular complexity index is 521. The molecule has 6 heteroatoms. The summed E-state index contributed by atoms with van der Waals surface area (Å²) in [5.41, 5.74) is 0.968. The van der Waals surface area contributed by atoms with Crippen molar-refractivity contribution in [3.8, 4) is 0 Å². The van der Waals surface area contributed by atoms with Crippen molar-refractivity contribution < 1.29 is 9.59 Å². The van der Waals surface area contributed by atoms with E-state index in [1.807, 2.05) is 43.1 Å². The number of urea groups is 1. The minimum Gasteiger partial charge on any atom is -0.336 e. The first-order valence-corrected chi connectivity index (χ1v) is 6.91. The van der Waals surface area contributed by atoms with Crippen LogP contribution < -0.4 is 5.32 Å². The number of hydrogen-bond acceptors (Lipinski definition) is 3. The van der Waals surface area contributed by atoms with Crippen molar-refractivity contribution in [3.05, 3.63) is 34.9 Å². The predicted octanol–water partition coefficient (Wildman–Crippen LogP) is 1.88. The quantitative estimate of drug-likeness (QED) is 0.923. The van der Waals surface area contributed by atoms with E-state index < -0.39 is 0 Å². The van der Waals surface area contributed by atoms with Gasteiger partial charge in [-0.1, -0.05) is 29.8 Å². The summed E-state index contributed by atoms with van der Waals surface area (Å²) in [5, 5.41) is 3.30. The Morgan fingerprint density at radius 3 is 2.80 bits per heavy atom. The van der Waals surface area contributed by atoms with Crippen LogP contribution >= 0.6 is 11.6 Å². The minimum atomic E-state index is -0.311. The molecule has 1 aliphatic heterocycles. The standard InChI is InChI=1S/C14H18ClN3O2/c1-10(11-5-3-4-6-12(11)15)17(2)9-13(19)18-8-7-16-14(18)20/h3-6,10H,7-9H2,1-2H3,(H,16,20)/t10-/m0/s1. The largest absolute Gasteiger partial charge is 0.336 e. The Morgan fingerprint density at radius 2 is 2.20 bits per heavy atom. The zero-order valence-electron chi connectivity index (χ0n) is 11.6. The van der Waals surface area contributed by atoms with Crippen LogP contribution in [0.4, 0.5) is 4.79 Å². The molecule has 5 nitrogen and oxygen atoms in total. The average Bonchev–Trinajstić information content (AvgIpc) is 2.84. The molecular formula is C14H18ClN3O2. The van der Waals surface area contributed by atoms with E-state index in [0.717, 1.165) is 5.56 Å². The fraction of sp³-hybridized carbons (Fsp3) is 0.429. The summed E-state index contributed by atoms with van der Waals surface area (Å²) in [6.45, 7) is 3.12. The molecule has 1 fully saturated rings. The van der Waals surface area contributed by atoms with Crippen LogP contribution in [0.5, 0.6) is 0 Å². The molecule has 0 bridgehead atoms. The lowest BCUT2D eigenvalue weighted by molar-refractivity contribution is -0.128. The SMILES string of the molecule is C[C@@H](c1ccccc1Cl)N(C)CC(=O)N1CCNC1=O. The molecule has 1 atom stereocenters. The Labute approximate surface area is 123 Å². The van der Waals surface area contributed by atoms with Gasteiger partial charge in [0.15, 0.2) is 0 Å². The maximum Gasteiger partial charge on any atom is 0.324 e. The highest BCUT2D eigenvalue weighted by molar-refractivity contribution is 6.31. The van der Waals surface area contributed by atoms with Crippen LogP contribution in [0.1, 0.15) is 18.5 Å². The topological polar surface area (TPSA) is 52.7 Å². The lowest BCUT2D eigenvalue weighted by Crippen LogP contribution is -2.41. The summed E-state index contributed by atoms with van der Waals surface area (Å²) < 4.78 is 0. The van der Waals surface area contributed by atoms with Gasteiger partial charge in [0.1, 0.15) is 0 Å². The maximum atomic E-state index is 12.1. The summed E-state index contributed by atoms with van der Waals surface area (Å²) in [4.78, 5) is 26.7. The van der Waals surface area contributed by atoms with Crippen molar-refractivity contribution in [3.63, 3.8) is 0 Å². The van der Waals surface area contributed by atoms with E-state index in [9.17, 15) is 9.59 Å². The van der Waals surface area contributed by atoms with Crippen molar-refractivity contribution in [1.29, 1.82) is 0 Å². The second-order valence-electron chi connectivity index (χ2n) is 4.89. The first-order chi connectivity index (χ1) is 9.50. The second-order valence-corrected chi connectivity index (χ2v) is 5.30. The van der Waals surface area contributed by atoms with E-state index in [1.54, 1.807) is 0 Å². The summed E-state index contributed by atoms with van der Waals surface area (Å²) in [6.07, 6.45) is 0. The molecule has 0 spiro atoms. The molecule has 1 saturated heterocycles. The molecule has 1 aliphatic rings. The van der Waals surface area contributed by atoms with Gasteiger partial charge in [0.25, 0.3) is 0 Å². The third-order valence-corrected chi connectivity index (χ3v) is 3.90. The van der Waals surface area contributed by atoms with Crippen LogP contribution in [0.2, 0.25) is 5.02 Å². The van der Waals surface area contributed by atoms with Crippen molar-refractivity contribution >= 4 is 23.5 Å². The highest BCUT2D eigenvalue weighted by Crippen LogP contribution is 2.26. The van der Waals surface area contributed by atoms with Gasteiger partial charge in [-0.15, -0.1) is 0 Å². The average molecular weight is 296 g/mol. The van der Waals surface area contributed by atoms with Crippen LogP contribution in [-0.2, 0) is 4.79 Å². The fourth-order valence-corrected chi connectivity index (χ4v) is 2.49. The van der Waals surface area contributed by atoms with Crippen molar-refractivity contribution in [2.45, 2.75) is 13.0 Å². The van der Waals surface area contributed by atoms with Crippen LogP contribution in [0.15, 0.2) is 24.3 Å². The minimum absolute atomic E-state index is 0.00156. The van der Waals surface area contributed by atoms with Gasteiger partial charge in [-0.3, -0.25) is 14.6 Å². The summed E-state index contributed by atoms with van der Waals surface area (Å²) in [6, 6.07) is 7.25. The fourth-order valence-electron chi connectivity index (χ4n) is 2.20. The Kier molecular flexibility index (Phi) is 4.62. The summed E-state index contributed by atoms with van der Waals surface area (Å²) >= 11 is 6.16. The zero-order valence-corrected chi connectivity index (χ0v) is 12.4. The first-order valence-electron chi connectivity index (χ1n) is 6.53. The number of rotatable bonds is 4. The number of halogens is 1. The molecule has 0 radical (unpaired) electrons. The highest BCUT2D eigenvalue weighted by Gasteiger charge is 2.27. The number of benzene rings is 1. The maximum absolute atomic E-state index is 12.1. The number of nitrogens with zero attached hydrogens (tertiary/aromatic N) is 2. The van der Waals surface area contributed by atoms with Crippen molar-refractivity contribution in [1.82, 2.24) is 15.1 Å². The lowest BCUT2D eigenvalue weighted by Gasteiger charge is -2.26. The number of carbonyl (C=O) groups excluding carboxylic acids is 2. The van der Waals surface area contributed by atoms with Crippen molar-refractivity contribution in [2.24, 2.45) is 0 Å². The third-order valence-electron chi connectivity index (χ3n) is 3.56. The number of likely N-dealkylation sites (N-methyl/N-ethyl adjacent to an activating group) is 1. The number of amides is 3. The van der Waals surface area contributed by atoms with Gasteiger partial charge in [0, 0.05) is 24.2 Å². The van der Waals surface area contributed by atoms with Gasteiger partial charge >= 0.3 is 6.03 Å². The molecule has 2 rings (SSSR count). The normalized spacial score (nSPS) is 16.4. The van der Waals surface area contributed by atoms with E-state index in [4.69, 9.17) is 11.6 Å². The number of nitrogens with one attached hydrogen (secondary N) is 1. The molecule has 0 saturated carbocycles. The molecular weight excluding hydrogens is 278 g/mol.